The van der Waals surface area contributed by atoms with E-state index in [2.05, 4.69) is 295 Å². The first-order chi connectivity index (χ1) is 39.0. The normalized spacial score (nSPS) is 14.1. The van der Waals surface area contributed by atoms with Crippen LogP contribution in [0.4, 0.5) is 0 Å². The number of para-hydroxylation sites is 2. The summed E-state index contributed by atoms with van der Waals surface area (Å²) in [5.74, 6) is 0. The van der Waals surface area contributed by atoms with Gasteiger partial charge >= 0.3 is 0 Å². The highest BCUT2D eigenvalue weighted by molar-refractivity contribution is 7.00. The van der Waals surface area contributed by atoms with Gasteiger partial charge < -0.3 is 18.3 Å². The Morgan fingerprint density at radius 3 is 1.01 bits per heavy atom. The summed E-state index contributed by atoms with van der Waals surface area (Å²) in [4.78, 5) is 0. The summed E-state index contributed by atoms with van der Waals surface area (Å²) < 4.78 is 10.6. The van der Waals surface area contributed by atoms with Crippen LogP contribution >= 0.6 is 0 Å². The largest absolute Gasteiger partial charge is 0.310 e. The van der Waals surface area contributed by atoms with Crippen LogP contribution in [0.5, 0.6) is 0 Å². The Balaban J connectivity index is 1.14. The predicted octanol–water partition coefficient (Wildman–Crippen LogP) is 19.0. The molecule has 0 N–H and O–H groups in total. The molecule has 0 spiro atoms. The fourth-order valence-corrected chi connectivity index (χ4v) is 14.6. The lowest BCUT2D eigenvalue weighted by Crippen LogP contribution is -2.59. The van der Waals surface area contributed by atoms with E-state index >= 15 is 0 Å². The van der Waals surface area contributed by atoms with Gasteiger partial charge in [-0.3, -0.25) is 0 Å². The van der Waals surface area contributed by atoms with E-state index in [4.69, 9.17) is 0 Å². The monoisotopic (exact) mass is 1080 g/mol. The maximum atomic E-state index is 2.69. The van der Waals surface area contributed by atoms with Gasteiger partial charge in [-0.15, -0.1) is 0 Å². The van der Waals surface area contributed by atoms with Crippen molar-refractivity contribution < 1.29 is 0 Å². The minimum atomic E-state index is -0.0857. The average Bonchev–Trinajstić information content (AvgIpc) is 1.72. The Hall–Kier alpha value is -7.76. The van der Waals surface area contributed by atoms with Crippen molar-refractivity contribution in [1.29, 1.82) is 0 Å². The van der Waals surface area contributed by atoms with Gasteiger partial charge in [0.1, 0.15) is 0 Å². The number of benzene rings is 9. The van der Waals surface area contributed by atoms with Crippen molar-refractivity contribution in [2.24, 2.45) is 0 Å². The molecule has 0 unspecified atom stereocenters. The first-order valence-corrected chi connectivity index (χ1v) is 30.5. The number of nitrogens with zero attached hydrogens (tertiary/aromatic N) is 4. The fourth-order valence-electron chi connectivity index (χ4n) is 14.6. The van der Waals surface area contributed by atoms with E-state index in [0.29, 0.717) is 0 Å². The SMILES string of the molecule is CC(C)(C)c1ccc2c(c1)c1cc(C(C)(C)C)ccc1n2-c1cccc2c3ccccc3n(-c3cc4c5c(c3)-n3c6ccc(C(C)(C)C)cc6c6cc(C(C)(C)C)cc(c63)B5c3cc(C(C)(C)C)cc5c6cc(C(C)(C)C)ccc6n-4c35)c12. The quantitative estimate of drug-likeness (QED) is 0.154. The van der Waals surface area contributed by atoms with Gasteiger partial charge in [0.25, 0.3) is 6.71 Å². The second-order valence-electron chi connectivity index (χ2n) is 31.2. The molecule has 13 aromatic rings. The molecule has 0 aliphatic carbocycles. The van der Waals surface area contributed by atoms with Gasteiger partial charge in [-0.05, 0) is 167 Å². The van der Waals surface area contributed by atoms with Gasteiger partial charge in [0.15, 0.2) is 0 Å². The van der Waals surface area contributed by atoms with Crippen molar-refractivity contribution >= 4 is 110 Å². The summed E-state index contributed by atoms with van der Waals surface area (Å²) >= 11 is 0. The second-order valence-corrected chi connectivity index (χ2v) is 31.2. The van der Waals surface area contributed by atoms with Gasteiger partial charge in [-0.1, -0.05) is 191 Å². The molecule has 9 aromatic carbocycles. The average molecular weight is 1080 g/mol. The minimum absolute atomic E-state index is 0.00971. The third-order valence-corrected chi connectivity index (χ3v) is 19.4. The molecule has 414 valence electrons. The number of hydrogen-bond donors (Lipinski definition) is 0. The van der Waals surface area contributed by atoms with E-state index in [1.165, 1.54) is 154 Å². The highest BCUT2D eigenvalue weighted by Gasteiger charge is 2.43. The summed E-state index contributed by atoms with van der Waals surface area (Å²) in [5.41, 5.74) is 26.9. The first-order valence-electron chi connectivity index (χ1n) is 30.5. The van der Waals surface area contributed by atoms with Crippen LogP contribution in [0.1, 0.15) is 158 Å². The van der Waals surface area contributed by atoms with E-state index in [-0.39, 0.29) is 39.2 Å². The van der Waals surface area contributed by atoms with Crippen molar-refractivity contribution in [2.75, 3.05) is 0 Å². The van der Waals surface area contributed by atoms with Gasteiger partial charge in [0.05, 0.1) is 44.5 Å². The molecule has 0 bridgehead atoms. The summed E-state index contributed by atoms with van der Waals surface area (Å²) in [5, 5.41) is 10.4. The molecule has 0 radical (unpaired) electrons. The van der Waals surface area contributed by atoms with E-state index in [0.717, 1.165) is 5.69 Å². The van der Waals surface area contributed by atoms with Crippen molar-refractivity contribution in [2.45, 2.75) is 157 Å². The molecule has 4 nitrogen and oxygen atoms in total. The van der Waals surface area contributed by atoms with Crippen LogP contribution in [-0.4, -0.2) is 25.0 Å². The minimum Gasteiger partial charge on any atom is -0.310 e. The van der Waals surface area contributed by atoms with Gasteiger partial charge in [-0.25, -0.2) is 0 Å². The lowest BCUT2D eigenvalue weighted by molar-refractivity contribution is 0.590. The molecule has 15 rings (SSSR count). The molecule has 0 atom stereocenters. The molecular weight excluding hydrogens is 1000 g/mol. The first kappa shape index (κ1) is 52.1. The van der Waals surface area contributed by atoms with Crippen molar-refractivity contribution in [3.05, 3.63) is 185 Å². The molecule has 0 amide bonds. The number of rotatable bonds is 2. The van der Waals surface area contributed by atoms with Crippen LogP contribution < -0.4 is 16.4 Å². The molecule has 5 heteroatoms. The van der Waals surface area contributed by atoms with E-state index in [1.54, 1.807) is 0 Å². The third kappa shape index (κ3) is 7.37. The molecule has 2 aliphatic rings. The van der Waals surface area contributed by atoms with Crippen LogP contribution in [-0.2, 0) is 32.5 Å². The summed E-state index contributed by atoms with van der Waals surface area (Å²) in [6.45, 7) is 42.5. The zero-order chi connectivity index (χ0) is 58.3. The maximum absolute atomic E-state index is 2.69. The fraction of sp³-hybridized carbons (Fsp3) is 0.308. The van der Waals surface area contributed by atoms with Crippen LogP contribution in [0.25, 0.3) is 110 Å². The molecule has 2 aliphatic heterocycles. The number of aromatic nitrogens is 4. The zero-order valence-corrected chi connectivity index (χ0v) is 52.3. The van der Waals surface area contributed by atoms with Crippen molar-refractivity contribution in [3.8, 4) is 22.7 Å². The Bertz CT molecular complexity index is 4760. The van der Waals surface area contributed by atoms with Crippen molar-refractivity contribution in [1.82, 2.24) is 18.3 Å². The topological polar surface area (TPSA) is 19.7 Å². The zero-order valence-electron chi connectivity index (χ0n) is 52.3. The lowest BCUT2D eigenvalue weighted by Gasteiger charge is -2.36. The van der Waals surface area contributed by atoms with Gasteiger partial charge in [-0.2, -0.15) is 0 Å². The van der Waals surface area contributed by atoms with E-state index in [9.17, 15) is 0 Å². The van der Waals surface area contributed by atoms with E-state index in [1.807, 2.05) is 0 Å². The van der Waals surface area contributed by atoms with Crippen LogP contribution in [0.3, 0.4) is 0 Å². The Morgan fingerprint density at radius 1 is 0.253 bits per heavy atom. The molecule has 0 fully saturated rings. The standard InChI is InChI=1S/C78H79BN4/c1-73(2,3)44-26-30-62-53(34-44)54-35-45(74(4,5)6)27-31-63(54)81(62)66-25-21-23-52-51-22-19-20-24-61(51)80(72(52)66)50-42-67-69-68(43-50)83-65-33-29-47(76(10,11)12)37-56(65)58-39-49(78(16,17)18)41-60(71(58)83)79(69)59-40-48(77(13,14)15)38-57-55-36-46(75(7,8)9)28-32-64(55)82(67)70(57)59/h19-43H,1-18H3. The molecule has 83 heavy (non-hydrogen) atoms. The molecule has 0 saturated heterocycles. The Morgan fingerprint density at radius 2 is 0.602 bits per heavy atom. The Kier molecular flexibility index (Phi) is 10.4. The maximum Gasteiger partial charge on any atom is 0.252 e. The predicted molar refractivity (Wildman–Crippen MR) is 361 cm³/mol. The summed E-state index contributed by atoms with van der Waals surface area (Å²) in [7, 11) is 0. The summed E-state index contributed by atoms with van der Waals surface area (Å²) in [6, 6.07) is 60.9. The Labute approximate surface area is 490 Å². The van der Waals surface area contributed by atoms with Gasteiger partial charge in [0.2, 0.25) is 0 Å². The molecular formula is C78H79BN4. The van der Waals surface area contributed by atoms with Crippen LogP contribution in [0, 0.1) is 0 Å². The van der Waals surface area contributed by atoms with Crippen LogP contribution in [0.15, 0.2) is 152 Å². The van der Waals surface area contributed by atoms with E-state index < -0.39 is 0 Å². The van der Waals surface area contributed by atoms with Crippen molar-refractivity contribution in [3.63, 3.8) is 0 Å². The highest BCUT2D eigenvalue weighted by Crippen LogP contribution is 2.47. The summed E-state index contributed by atoms with van der Waals surface area (Å²) in [6.07, 6.45) is 0. The lowest BCUT2D eigenvalue weighted by atomic mass is 9.34. The highest BCUT2D eigenvalue weighted by atomic mass is 15.1. The number of hydrogen-bond acceptors (Lipinski definition) is 0. The molecule has 0 saturated carbocycles. The second kappa shape index (κ2) is 16.5. The smallest absolute Gasteiger partial charge is 0.252 e. The molecule has 4 aromatic heterocycles. The molecule has 6 heterocycles. The third-order valence-electron chi connectivity index (χ3n) is 19.4. The van der Waals surface area contributed by atoms with Gasteiger partial charge in [0, 0.05) is 65.5 Å². The number of fused-ring (bicyclic) bond motifs is 16. The van der Waals surface area contributed by atoms with Crippen LogP contribution in [0.2, 0.25) is 0 Å².